The Labute approximate surface area is 186 Å². The monoisotopic (exact) mass is 425 g/mol. The summed E-state index contributed by atoms with van der Waals surface area (Å²) in [7, 11) is 1.65. The minimum Gasteiger partial charge on any atom is -0.497 e. The average Bonchev–Trinajstić information content (AvgIpc) is 2.77. The minimum atomic E-state index is -0.362. The van der Waals surface area contributed by atoms with Gasteiger partial charge in [0.1, 0.15) is 5.75 Å². The normalized spacial score (nSPS) is 12.8. The number of aldehydes is 1. The first-order chi connectivity index (χ1) is 14.9. The molecule has 0 saturated carbocycles. The summed E-state index contributed by atoms with van der Waals surface area (Å²) in [6.45, 7) is 8.73. The smallest absolute Gasteiger partial charge is 0.306 e. The molecule has 0 radical (unpaired) electrons. The summed E-state index contributed by atoms with van der Waals surface area (Å²) in [4.78, 5) is 29.2. The van der Waals surface area contributed by atoms with E-state index in [1.54, 1.807) is 13.2 Å². The highest BCUT2D eigenvalue weighted by atomic mass is 16.5. The van der Waals surface area contributed by atoms with Crippen molar-refractivity contribution < 1.29 is 19.1 Å². The molecule has 168 valence electrons. The van der Waals surface area contributed by atoms with Gasteiger partial charge in [0, 0.05) is 17.2 Å². The van der Waals surface area contributed by atoms with Crippen LogP contribution < -0.4 is 4.74 Å². The van der Waals surface area contributed by atoms with Crippen LogP contribution in [0, 0.1) is 12.8 Å². The van der Waals surface area contributed by atoms with E-state index in [1.807, 2.05) is 31.2 Å². The molecule has 1 aromatic carbocycles. The van der Waals surface area contributed by atoms with Crippen molar-refractivity contribution in [1.29, 1.82) is 0 Å². The van der Waals surface area contributed by atoms with E-state index in [0.29, 0.717) is 23.8 Å². The molecule has 0 aliphatic rings. The van der Waals surface area contributed by atoms with Gasteiger partial charge in [0.2, 0.25) is 0 Å². The highest BCUT2D eigenvalue weighted by molar-refractivity contribution is 5.78. The van der Waals surface area contributed by atoms with Gasteiger partial charge in [-0.3, -0.25) is 14.6 Å². The van der Waals surface area contributed by atoms with Crippen LogP contribution in [0.2, 0.25) is 0 Å². The molecule has 0 fully saturated rings. The third kappa shape index (κ3) is 6.91. The van der Waals surface area contributed by atoms with E-state index in [9.17, 15) is 9.59 Å². The van der Waals surface area contributed by atoms with Crippen molar-refractivity contribution in [3.05, 3.63) is 58.4 Å². The molecular formula is C26H35NO4. The van der Waals surface area contributed by atoms with E-state index in [2.05, 4.69) is 25.8 Å². The Hall–Kier alpha value is -2.69. The summed E-state index contributed by atoms with van der Waals surface area (Å²) in [6, 6.07) is 9.53. The number of hydrogen-bond acceptors (Lipinski definition) is 5. The average molecular weight is 426 g/mol. The Morgan fingerprint density at radius 1 is 1.19 bits per heavy atom. The lowest BCUT2D eigenvalue weighted by Gasteiger charge is -2.23. The standard InChI is InChI=1S/C26H35NO4/c1-6-8-13-31-25(29)16-24(26-20(17-28)10-9-19(4)27-26)23-12-11-22(30-5)15-21(23)14-18(3)7-2/h9-12,15,17-18,24H,6-8,13-14,16H2,1-5H3/t18?,24-/m1/s1. The van der Waals surface area contributed by atoms with Crippen LogP contribution in [0.4, 0.5) is 0 Å². The zero-order valence-corrected chi connectivity index (χ0v) is 19.4. The molecule has 2 rings (SSSR count). The molecule has 5 nitrogen and oxygen atoms in total. The maximum absolute atomic E-state index is 12.7. The Bertz CT molecular complexity index is 878. The number of hydrogen-bond donors (Lipinski definition) is 0. The fraction of sp³-hybridized carbons (Fsp3) is 0.500. The van der Waals surface area contributed by atoms with Gasteiger partial charge in [0.05, 0.1) is 25.8 Å². The highest BCUT2D eigenvalue weighted by Gasteiger charge is 2.26. The SMILES string of the molecule is CCCCOC(=O)C[C@H](c1ccc(OC)cc1CC(C)CC)c1nc(C)ccc1C=O. The number of rotatable bonds is 12. The van der Waals surface area contributed by atoms with Crippen LogP contribution in [0.3, 0.4) is 0 Å². The second-order valence-corrected chi connectivity index (χ2v) is 8.16. The molecule has 0 spiro atoms. The molecule has 31 heavy (non-hydrogen) atoms. The predicted octanol–water partition coefficient (Wildman–Crippen LogP) is 5.67. The van der Waals surface area contributed by atoms with Crippen LogP contribution in [0.25, 0.3) is 0 Å². The number of nitrogens with zero attached hydrogens (tertiary/aromatic N) is 1. The zero-order valence-electron chi connectivity index (χ0n) is 19.4. The first-order valence-corrected chi connectivity index (χ1v) is 11.2. The number of carbonyl (C=O) groups is 2. The quantitative estimate of drug-likeness (QED) is 0.249. The molecule has 0 amide bonds. The van der Waals surface area contributed by atoms with Crippen LogP contribution in [-0.4, -0.2) is 31.0 Å². The Kier molecular flexibility index (Phi) is 9.70. The third-order valence-electron chi connectivity index (χ3n) is 5.68. The molecule has 0 aliphatic heterocycles. The fourth-order valence-electron chi connectivity index (χ4n) is 3.62. The molecule has 2 aromatic rings. The van der Waals surface area contributed by atoms with Gasteiger partial charge in [-0.1, -0.05) is 39.7 Å². The Morgan fingerprint density at radius 2 is 1.97 bits per heavy atom. The summed E-state index contributed by atoms with van der Waals surface area (Å²) in [5.74, 6) is 0.612. The van der Waals surface area contributed by atoms with Gasteiger partial charge < -0.3 is 9.47 Å². The summed E-state index contributed by atoms with van der Waals surface area (Å²) >= 11 is 0. The predicted molar refractivity (Wildman–Crippen MR) is 123 cm³/mol. The van der Waals surface area contributed by atoms with Crippen molar-refractivity contribution in [3.8, 4) is 5.75 Å². The third-order valence-corrected chi connectivity index (χ3v) is 5.68. The van der Waals surface area contributed by atoms with Gasteiger partial charge in [-0.05, 0) is 61.1 Å². The maximum atomic E-state index is 12.7. The van der Waals surface area contributed by atoms with Crippen molar-refractivity contribution in [3.63, 3.8) is 0 Å². The number of unbranched alkanes of at least 4 members (excludes halogenated alkanes) is 1. The van der Waals surface area contributed by atoms with Gasteiger partial charge in [0.15, 0.2) is 6.29 Å². The van der Waals surface area contributed by atoms with E-state index in [0.717, 1.165) is 54.5 Å². The summed E-state index contributed by atoms with van der Waals surface area (Å²) in [6.07, 6.45) is 4.65. The molecule has 1 heterocycles. The molecule has 0 N–H and O–H groups in total. The largest absolute Gasteiger partial charge is 0.497 e. The van der Waals surface area contributed by atoms with Gasteiger partial charge in [-0.2, -0.15) is 0 Å². The number of pyridine rings is 1. The van der Waals surface area contributed by atoms with Crippen LogP contribution in [0.5, 0.6) is 5.75 Å². The number of aryl methyl sites for hydroxylation is 1. The summed E-state index contributed by atoms with van der Waals surface area (Å²) in [5, 5.41) is 0. The van der Waals surface area contributed by atoms with Crippen molar-refractivity contribution >= 4 is 12.3 Å². The Morgan fingerprint density at radius 3 is 2.61 bits per heavy atom. The number of esters is 1. The van der Waals surface area contributed by atoms with E-state index in [-0.39, 0.29) is 18.3 Å². The lowest BCUT2D eigenvalue weighted by atomic mass is 9.83. The molecule has 1 aromatic heterocycles. The first-order valence-electron chi connectivity index (χ1n) is 11.2. The highest BCUT2D eigenvalue weighted by Crippen LogP contribution is 2.35. The fourth-order valence-corrected chi connectivity index (χ4v) is 3.62. The number of ether oxygens (including phenoxy) is 2. The van der Waals surface area contributed by atoms with Crippen LogP contribution in [0.15, 0.2) is 30.3 Å². The Balaban J connectivity index is 2.56. The van der Waals surface area contributed by atoms with Crippen molar-refractivity contribution in [2.24, 2.45) is 5.92 Å². The second kappa shape index (κ2) is 12.2. The number of carbonyl (C=O) groups excluding carboxylic acids is 2. The molecule has 0 saturated heterocycles. The van der Waals surface area contributed by atoms with Crippen LogP contribution in [0.1, 0.15) is 85.2 Å². The molecule has 5 heteroatoms. The van der Waals surface area contributed by atoms with Crippen molar-refractivity contribution in [2.45, 2.75) is 65.7 Å². The van der Waals surface area contributed by atoms with Crippen LogP contribution >= 0.6 is 0 Å². The number of benzene rings is 1. The topological polar surface area (TPSA) is 65.5 Å². The van der Waals surface area contributed by atoms with Gasteiger partial charge >= 0.3 is 5.97 Å². The van der Waals surface area contributed by atoms with Gasteiger partial charge in [-0.25, -0.2) is 0 Å². The molecule has 2 atom stereocenters. The van der Waals surface area contributed by atoms with Gasteiger partial charge in [-0.15, -0.1) is 0 Å². The maximum Gasteiger partial charge on any atom is 0.306 e. The minimum absolute atomic E-state index is 0.140. The molecular weight excluding hydrogens is 390 g/mol. The number of methoxy groups -OCH3 is 1. The summed E-state index contributed by atoms with van der Waals surface area (Å²) < 4.78 is 10.9. The molecule has 0 bridgehead atoms. The van der Waals surface area contributed by atoms with Crippen molar-refractivity contribution in [1.82, 2.24) is 4.98 Å². The van der Waals surface area contributed by atoms with E-state index >= 15 is 0 Å². The second-order valence-electron chi connectivity index (χ2n) is 8.16. The molecule has 0 aliphatic carbocycles. The van der Waals surface area contributed by atoms with Gasteiger partial charge in [0.25, 0.3) is 0 Å². The van der Waals surface area contributed by atoms with E-state index < -0.39 is 0 Å². The molecule has 1 unspecified atom stereocenters. The number of aromatic nitrogens is 1. The lowest BCUT2D eigenvalue weighted by molar-refractivity contribution is -0.144. The summed E-state index contributed by atoms with van der Waals surface area (Å²) in [5.41, 5.74) is 4.04. The van der Waals surface area contributed by atoms with E-state index in [1.165, 1.54) is 0 Å². The lowest BCUT2D eigenvalue weighted by Crippen LogP contribution is -2.17. The van der Waals surface area contributed by atoms with Crippen molar-refractivity contribution in [2.75, 3.05) is 13.7 Å². The van der Waals surface area contributed by atoms with E-state index in [4.69, 9.17) is 9.47 Å². The first kappa shape index (κ1) is 24.6. The van der Waals surface area contributed by atoms with Crippen LogP contribution in [-0.2, 0) is 16.0 Å². The zero-order chi connectivity index (χ0) is 22.8.